The molecule has 0 aromatic rings. The Balaban J connectivity index is 0.00000225. The quantitative estimate of drug-likeness (QED) is 0.808. The van der Waals surface area contributed by atoms with E-state index in [1.165, 1.54) is 38.5 Å². The Kier molecular flexibility index (Phi) is 8.67. The van der Waals surface area contributed by atoms with Crippen LogP contribution in [0.1, 0.15) is 38.5 Å². The maximum atomic E-state index is 11.5. The van der Waals surface area contributed by atoms with Gasteiger partial charge in [-0.2, -0.15) is 0 Å². The summed E-state index contributed by atoms with van der Waals surface area (Å²) < 4.78 is 0. The summed E-state index contributed by atoms with van der Waals surface area (Å²) in [5, 5.41) is 2.90. The molecule has 0 aliphatic heterocycles. The van der Waals surface area contributed by atoms with Crippen molar-refractivity contribution in [2.45, 2.75) is 38.5 Å². The first kappa shape index (κ1) is 15.7. The summed E-state index contributed by atoms with van der Waals surface area (Å²) in [6.07, 6.45) is 8.11. The molecule has 96 valence electrons. The Morgan fingerprint density at radius 3 is 2.50 bits per heavy atom. The monoisotopic (exact) mass is 248 g/mol. The van der Waals surface area contributed by atoms with Crippen molar-refractivity contribution in [2.24, 2.45) is 5.92 Å². The fourth-order valence-electron chi connectivity index (χ4n) is 2.26. The van der Waals surface area contributed by atoms with E-state index >= 15 is 0 Å². The summed E-state index contributed by atoms with van der Waals surface area (Å²) in [5.74, 6) is 1.07. The van der Waals surface area contributed by atoms with Gasteiger partial charge in [0.25, 0.3) is 0 Å². The molecule has 1 aliphatic carbocycles. The fraction of sp³-hybridized carbons (Fsp3) is 0.917. The number of nitrogens with zero attached hydrogens (tertiary/aromatic N) is 1. The van der Waals surface area contributed by atoms with Gasteiger partial charge in [-0.3, -0.25) is 4.79 Å². The first-order valence-electron chi connectivity index (χ1n) is 6.12. The van der Waals surface area contributed by atoms with E-state index in [1.807, 2.05) is 19.0 Å². The molecule has 1 fully saturated rings. The van der Waals surface area contributed by atoms with Gasteiger partial charge in [0.2, 0.25) is 5.91 Å². The van der Waals surface area contributed by atoms with Gasteiger partial charge in [0.1, 0.15) is 0 Å². The molecule has 0 bridgehead atoms. The summed E-state index contributed by atoms with van der Waals surface area (Å²) >= 11 is 0. The third-order valence-corrected chi connectivity index (χ3v) is 3.35. The molecule has 0 aromatic carbocycles. The maximum Gasteiger partial charge on any atom is 0.236 e. The van der Waals surface area contributed by atoms with Crippen molar-refractivity contribution in [1.29, 1.82) is 0 Å². The SMILES string of the molecule is CNCC(=O)N(C)CCC1CCCCC1.Cl. The second-order valence-electron chi connectivity index (χ2n) is 4.64. The van der Waals surface area contributed by atoms with E-state index in [1.54, 1.807) is 0 Å². The molecule has 0 radical (unpaired) electrons. The molecule has 3 nitrogen and oxygen atoms in total. The summed E-state index contributed by atoms with van der Waals surface area (Å²) in [4.78, 5) is 13.3. The van der Waals surface area contributed by atoms with Gasteiger partial charge in [-0.25, -0.2) is 0 Å². The van der Waals surface area contributed by atoms with E-state index in [4.69, 9.17) is 0 Å². The molecule has 1 amide bonds. The molecule has 4 heteroatoms. The number of hydrogen-bond donors (Lipinski definition) is 1. The van der Waals surface area contributed by atoms with Crippen LogP contribution in [0.4, 0.5) is 0 Å². The van der Waals surface area contributed by atoms with E-state index in [9.17, 15) is 4.79 Å². The van der Waals surface area contributed by atoms with Crippen molar-refractivity contribution in [3.8, 4) is 0 Å². The van der Waals surface area contributed by atoms with Crippen molar-refractivity contribution in [3.05, 3.63) is 0 Å². The van der Waals surface area contributed by atoms with Crippen molar-refractivity contribution in [2.75, 3.05) is 27.2 Å². The largest absolute Gasteiger partial charge is 0.345 e. The third-order valence-electron chi connectivity index (χ3n) is 3.35. The lowest BCUT2D eigenvalue weighted by Crippen LogP contribution is -2.35. The van der Waals surface area contributed by atoms with Gasteiger partial charge in [0.05, 0.1) is 6.54 Å². The summed E-state index contributed by atoms with van der Waals surface area (Å²) in [7, 11) is 3.72. The smallest absolute Gasteiger partial charge is 0.236 e. The topological polar surface area (TPSA) is 32.3 Å². The Morgan fingerprint density at radius 1 is 1.31 bits per heavy atom. The zero-order chi connectivity index (χ0) is 11.1. The molecule has 1 aliphatic rings. The van der Waals surface area contributed by atoms with Crippen LogP contribution >= 0.6 is 12.4 Å². The van der Waals surface area contributed by atoms with Gasteiger partial charge >= 0.3 is 0 Å². The minimum absolute atomic E-state index is 0. The first-order valence-corrected chi connectivity index (χ1v) is 6.12. The summed E-state index contributed by atoms with van der Waals surface area (Å²) in [5.41, 5.74) is 0. The Morgan fingerprint density at radius 2 is 1.94 bits per heavy atom. The minimum atomic E-state index is 0. The average Bonchev–Trinajstić information content (AvgIpc) is 2.27. The van der Waals surface area contributed by atoms with Crippen LogP contribution < -0.4 is 5.32 Å². The number of rotatable bonds is 5. The van der Waals surface area contributed by atoms with Crippen LogP contribution in [0, 0.1) is 5.92 Å². The molecule has 0 aromatic heterocycles. The standard InChI is InChI=1S/C12H24N2O.ClH/c1-13-10-12(15)14(2)9-8-11-6-4-3-5-7-11;/h11,13H,3-10H2,1-2H3;1H. The Hall–Kier alpha value is -0.280. The second-order valence-corrected chi connectivity index (χ2v) is 4.64. The van der Waals surface area contributed by atoms with Crippen LogP contribution in [0.3, 0.4) is 0 Å². The van der Waals surface area contributed by atoms with Crippen molar-refractivity contribution in [1.82, 2.24) is 10.2 Å². The van der Waals surface area contributed by atoms with Crippen LogP contribution in [0.5, 0.6) is 0 Å². The van der Waals surface area contributed by atoms with E-state index < -0.39 is 0 Å². The van der Waals surface area contributed by atoms with Gasteiger partial charge in [-0.1, -0.05) is 32.1 Å². The predicted molar refractivity (Wildman–Crippen MR) is 70.0 cm³/mol. The van der Waals surface area contributed by atoms with Gasteiger partial charge in [-0.05, 0) is 19.4 Å². The summed E-state index contributed by atoms with van der Waals surface area (Å²) in [6, 6.07) is 0. The minimum Gasteiger partial charge on any atom is -0.345 e. The highest BCUT2D eigenvalue weighted by molar-refractivity contribution is 5.85. The van der Waals surface area contributed by atoms with Crippen molar-refractivity contribution in [3.63, 3.8) is 0 Å². The van der Waals surface area contributed by atoms with Gasteiger partial charge in [0.15, 0.2) is 0 Å². The van der Waals surface area contributed by atoms with Gasteiger partial charge < -0.3 is 10.2 Å². The average molecular weight is 249 g/mol. The number of halogens is 1. The molecule has 0 unspecified atom stereocenters. The lowest BCUT2D eigenvalue weighted by Gasteiger charge is -2.24. The zero-order valence-corrected chi connectivity index (χ0v) is 11.3. The van der Waals surface area contributed by atoms with Crippen LogP contribution in [0.15, 0.2) is 0 Å². The number of carbonyl (C=O) groups is 1. The molecular weight excluding hydrogens is 224 g/mol. The molecule has 1 saturated carbocycles. The lowest BCUT2D eigenvalue weighted by atomic mass is 9.87. The van der Waals surface area contributed by atoms with Crippen LogP contribution in [0.2, 0.25) is 0 Å². The van der Waals surface area contributed by atoms with Crippen LogP contribution in [0.25, 0.3) is 0 Å². The number of likely N-dealkylation sites (N-methyl/N-ethyl adjacent to an activating group) is 2. The highest BCUT2D eigenvalue weighted by Gasteiger charge is 2.15. The second kappa shape index (κ2) is 8.82. The highest BCUT2D eigenvalue weighted by atomic mass is 35.5. The van der Waals surface area contributed by atoms with Crippen molar-refractivity contribution >= 4 is 18.3 Å². The maximum absolute atomic E-state index is 11.5. The normalized spacial score (nSPS) is 16.6. The number of amides is 1. The van der Waals surface area contributed by atoms with Gasteiger partial charge in [0, 0.05) is 13.6 Å². The highest BCUT2D eigenvalue weighted by Crippen LogP contribution is 2.26. The number of carbonyl (C=O) groups excluding carboxylic acids is 1. The molecule has 0 spiro atoms. The summed E-state index contributed by atoms with van der Waals surface area (Å²) in [6.45, 7) is 1.38. The zero-order valence-electron chi connectivity index (χ0n) is 10.5. The molecular formula is C12H25ClN2O. The van der Waals surface area contributed by atoms with E-state index in [0.29, 0.717) is 6.54 Å². The van der Waals surface area contributed by atoms with Crippen LogP contribution in [-0.2, 0) is 4.79 Å². The first-order chi connectivity index (χ1) is 7.24. The molecule has 16 heavy (non-hydrogen) atoms. The molecule has 1 N–H and O–H groups in total. The Bertz CT molecular complexity index is 193. The number of nitrogens with one attached hydrogen (secondary N) is 1. The van der Waals surface area contributed by atoms with Crippen molar-refractivity contribution < 1.29 is 4.79 Å². The fourth-order valence-corrected chi connectivity index (χ4v) is 2.26. The Labute approximate surface area is 105 Å². The molecule has 0 atom stereocenters. The molecule has 1 rings (SSSR count). The van der Waals surface area contributed by atoms with Crippen LogP contribution in [-0.4, -0.2) is 38.0 Å². The lowest BCUT2D eigenvalue weighted by molar-refractivity contribution is -0.129. The van der Waals surface area contributed by atoms with E-state index in [-0.39, 0.29) is 18.3 Å². The van der Waals surface area contributed by atoms with Gasteiger partial charge in [-0.15, -0.1) is 12.4 Å². The third kappa shape index (κ3) is 5.71. The molecule has 0 heterocycles. The van der Waals surface area contributed by atoms with E-state index in [2.05, 4.69) is 5.32 Å². The number of hydrogen-bond acceptors (Lipinski definition) is 2. The predicted octanol–water partition coefficient (Wildman–Crippen LogP) is 2.06. The molecule has 0 saturated heterocycles. The van der Waals surface area contributed by atoms with E-state index in [0.717, 1.165) is 12.5 Å².